The Morgan fingerprint density at radius 3 is 2.76 bits per heavy atom. The van der Waals surface area contributed by atoms with Crippen LogP contribution in [0.2, 0.25) is 0 Å². The van der Waals surface area contributed by atoms with Crippen LogP contribution in [0.5, 0.6) is 5.75 Å². The van der Waals surface area contributed by atoms with Gasteiger partial charge in [-0.1, -0.05) is 19.1 Å². The molecule has 1 aromatic carbocycles. The number of nitrogens with one attached hydrogen (secondary N) is 2. The summed E-state index contributed by atoms with van der Waals surface area (Å²) >= 11 is 0. The Balaban J connectivity index is 1.78. The van der Waals surface area contributed by atoms with Crippen LogP contribution in [0, 0.1) is 19.3 Å². The van der Waals surface area contributed by atoms with Crippen LogP contribution in [0.3, 0.4) is 0 Å². The van der Waals surface area contributed by atoms with Crippen molar-refractivity contribution in [1.82, 2.24) is 10.6 Å². The van der Waals surface area contributed by atoms with E-state index in [2.05, 4.69) is 17.6 Å². The molecule has 1 amide bonds. The maximum absolute atomic E-state index is 11.9. The smallest absolute Gasteiger partial charge is 0.257 e. The van der Waals surface area contributed by atoms with E-state index in [0.717, 1.165) is 49.4 Å². The highest BCUT2D eigenvalue weighted by atomic mass is 16.5. The van der Waals surface area contributed by atoms with Gasteiger partial charge in [-0.3, -0.25) is 4.79 Å². The molecular formula is C17H26N2O2. The number of ether oxygens (including phenoxy) is 1. The molecule has 1 heterocycles. The predicted molar refractivity (Wildman–Crippen MR) is 84.6 cm³/mol. The van der Waals surface area contributed by atoms with Crippen LogP contribution in [-0.4, -0.2) is 32.1 Å². The van der Waals surface area contributed by atoms with Gasteiger partial charge in [0.05, 0.1) is 0 Å². The summed E-state index contributed by atoms with van der Waals surface area (Å²) in [5, 5.41) is 6.35. The van der Waals surface area contributed by atoms with Crippen LogP contribution < -0.4 is 15.4 Å². The highest BCUT2D eigenvalue weighted by Crippen LogP contribution is 2.26. The van der Waals surface area contributed by atoms with Gasteiger partial charge < -0.3 is 15.4 Å². The van der Waals surface area contributed by atoms with Crippen molar-refractivity contribution < 1.29 is 9.53 Å². The molecule has 1 saturated heterocycles. The molecule has 0 saturated carbocycles. The molecular weight excluding hydrogens is 264 g/mol. The Bertz CT molecular complexity index is 494. The van der Waals surface area contributed by atoms with Gasteiger partial charge in [-0.2, -0.15) is 0 Å². The third-order valence-electron chi connectivity index (χ3n) is 4.23. The zero-order valence-corrected chi connectivity index (χ0v) is 13.3. The first kappa shape index (κ1) is 15.8. The van der Waals surface area contributed by atoms with Gasteiger partial charge in [0.1, 0.15) is 5.75 Å². The minimum absolute atomic E-state index is 0.0457. The largest absolute Gasteiger partial charge is 0.483 e. The lowest BCUT2D eigenvalue weighted by Gasteiger charge is -2.34. The lowest BCUT2D eigenvalue weighted by molar-refractivity contribution is -0.123. The van der Waals surface area contributed by atoms with Crippen LogP contribution in [0.1, 0.15) is 30.9 Å². The Morgan fingerprint density at radius 2 is 2.05 bits per heavy atom. The highest BCUT2D eigenvalue weighted by molar-refractivity contribution is 5.77. The van der Waals surface area contributed by atoms with Gasteiger partial charge in [-0.15, -0.1) is 0 Å². The molecule has 0 spiro atoms. The number of carbonyl (C=O) groups excluding carboxylic acids is 1. The Morgan fingerprint density at radius 1 is 1.33 bits per heavy atom. The second-order valence-corrected chi connectivity index (χ2v) is 6.40. The number of rotatable bonds is 5. The van der Waals surface area contributed by atoms with E-state index in [1.54, 1.807) is 0 Å². The molecule has 2 rings (SSSR count). The van der Waals surface area contributed by atoms with Gasteiger partial charge in [0.15, 0.2) is 6.61 Å². The number of benzene rings is 1. The fraction of sp³-hybridized carbons (Fsp3) is 0.588. The maximum Gasteiger partial charge on any atom is 0.257 e. The maximum atomic E-state index is 11.9. The Labute approximate surface area is 127 Å². The number of hydrogen-bond donors (Lipinski definition) is 2. The van der Waals surface area contributed by atoms with E-state index < -0.39 is 0 Å². The summed E-state index contributed by atoms with van der Waals surface area (Å²) < 4.78 is 5.63. The fourth-order valence-electron chi connectivity index (χ4n) is 2.58. The van der Waals surface area contributed by atoms with Crippen LogP contribution >= 0.6 is 0 Å². The molecule has 1 aliphatic rings. The molecule has 2 N–H and O–H groups in total. The van der Waals surface area contributed by atoms with Crippen molar-refractivity contribution in [1.29, 1.82) is 0 Å². The topological polar surface area (TPSA) is 50.4 Å². The molecule has 4 nitrogen and oxygen atoms in total. The van der Waals surface area contributed by atoms with Crippen LogP contribution in [0.15, 0.2) is 18.2 Å². The average molecular weight is 290 g/mol. The number of piperidine rings is 1. The third kappa shape index (κ3) is 4.74. The first-order valence-electron chi connectivity index (χ1n) is 7.66. The molecule has 116 valence electrons. The highest BCUT2D eigenvalue weighted by Gasteiger charge is 2.26. The van der Waals surface area contributed by atoms with E-state index >= 15 is 0 Å². The standard InChI is InChI=1S/C17H26N2O2/c1-13-4-5-14(2)15(10-13)21-11-16(20)19-12-17(3)6-8-18-9-7-17/h4-5,10,18H,6-9,11-12H2,1-3H3,(H,19,20). The van der Waals surface area contributed by atoms with Gasteiger partial charge in [0.2, 0.25) is 0 Å². The van der Waals surface area contributed by atoms with Crippen molar-refractivity contribution in [3.8, 4) is 5.75 Å². The van der Waals surface area contributed by atoms with Gasteiger partial charge in [-0.25, -0.2) is 0 Å². The van der Waals surface area contributed by atoms with Crippen molar-refractivity contribution in [2.75, 3.05) is 26.2 Å². The summed E-state index contributed by atoms with van der Waals surface area (Å²) in [5.74, 6) is 0.744. The summed E-state index contributed by atoms with van der Waals surface area (Å²) in [6.07, 6.45) is 2.20. The van der Waals surface area contributed by atoms with Crippen molar-refractivity contribution in [3.05, 3.63) is 29.3 Å². The van der Waals surface area contributed by atoms with E-state index in [4.69, 9.17) is 4.74 Å². The summed E-state index contributed by atoms with van der Waals surface area (Å²) in [6, 6.07) is 6.02. The Hall–Kier alpha value is -1.55. The van der Waals surface area contributed by atoms with Crippen LogP contribution in [0.25, 0.3) is 0 Å². The van der Waals surface area contributed by atoms with Gasteiger partial charge in [0.25, 0.3) is 5.91 Å². The zero-order valence-electron chi connectivity index (χ0n) is 13.3. The van der Waals surface area contributed by atoms with Crippen LogP contribution in [-0.2, 0) is 4.79 Å². The van der Waals surface area contributed by atoms with E-state index in [1.165, 1.54) is 0 Å². The molecule has 0 radical (unpaired) electrons. The van der Waals surface area contributed by atoms with Gasteiger partial charge in [0, 0.05) is 6.54 Å². The Kier molecular flexibility index (Phi) is 5.23. The van der Waals surface area contributed by atoms with Gasteiger partial charge >= 0.3 is 0 Å². The molecule has 1 fully saturated rings. The summed E-state index contributed by atoms with van der Waals surface area (Å²) in [7, 11) is 0. The quantitative estimate of drug-likeness (QED) is 0.874. The molecule has 21 heavy (non-hydrogen) atoms. The van der Waals surface area contributed by atoms with E-state index in [-0.39, 0.29) is 17.9 Å². The third-order valence-corrected chi connectivity index (χ3v) is 4.23. The first-order chi connectivity index (χ1) is 9.98. The number of aryl methyl sites for hydroxylation is 2. The SMILES string of the molecule is Cc1ccc(C)c(OCC(=O)NCC2(C)CCNCC2)c1. The van der Waals surface area contributed by atoms with E-state index in [9.17, 15) is 4.79 Å². The molecule has 0 atom stereocenters. The van der Waals surface area contributed by atoms with Crippen molar-refractivity contribution in [2.24, 2.45) is 5.41 Å². The molecule has 0 aliphatic carbocycles. The van der Waals surface area contributed by atoms with Crippen molar-refractivity contribution in [2.45, 2.75) is 33.6 Å². The molecule has 0 aromatic heterocycles. The van der Waals surface area contributed by atoms with Crippen molar-refractivity contribution in [3.63, 3.8) is 0 Å². The number of hydrogen-bond acceptors (Lipinski definition) is 3. The van der Waals surface area contributed by atoms with E-state index in [0.29, 0.717) is 0 Å². The molecule has 4 heteroatoms. The summed E-state index contributed by atoms with van der Waals surface area (Å²) in [5.41, 5.74) is 2.40. The molecule has 0 unspecified atom stereocenters. The number of amides is 1. The lowest BCUT2D eigenvalue weighted by atomic mass is 9.81. The minimum Gasteiger partial charge on any atom is -0.483 e. The van der Waals surface area contributed by atoms with Crippen molar-refractivity contribution >= 4 is 5.91 Å². The predicted octanol–water partition coefficient (Wildman–Crippen LogP) is 2.19. The zero-order chi connectivity index (χ0) is 15.3. The molecule has 1 aliphatic heterocycles. The molecule has 1 aromatic rings. The van der Waals surface area contributed by atoms with Crippen LogP contribution in [0.4, 0.5) is 0 Å². The molecule has 0 bridgehead atoms. The first-order valence-corrected chi connectivity index (χ1v) is 7.66. The monoisotopic (exact) mass is 290 g/mol. The number of carbonyl (C=O) groups is 1. The summed E-state index contributed by atoms with van der Waals surface area (Å²) in [6.45, 7) is 9.12. The minimum atomic E-state index is -0.0457. The van der Waals surface area contributed by atoms with Gasteiger partial charge in [-0.05, 0) is 62.4 Å². The second-order valence-electron chi connectivity index (χ2n) is 6.40. The lowest BCUT2D eigenvalue weighted by Crippen LogP contribution is -2.43. The second kappa shape index (κ2) is 6.94. The summed E-state index contributed by atoms with van der Waals surface area (Å²) in [4.78, 5) is 11.9. The average Bonchev–Trinajstić information content (AvgIpc) is 2.47. The normalized spacial score (nSPS) is 17.3. The van der Waals surface area contributed by atoms with E-state index in [1.807, 2.05) is 32.0 Å². The fourth-order valence-corrected chi connectivity index (χ4v) is 2.58.